The number of ketones is 2. The first-order valence-corrected chi connectivity index (χ1v) is 11.4. The zero-order valence-electron chi connectivity index (χ0n) is 17.1. The molecule has 0 aliphatic heterocycles. The third-order valence-corrected chi connectivity index (χ3v) is 6.75. The van der Waals surface area contributed by atoms with E-state index >= 15 is 0 Å². The molecule has 11 heteroatoms. The van der Waals surface area contributed by atoms with Crippen LogP contribution in [-0.4, -0.2) is 33.3 Å². The van der Waals surface area contributed by atoms with Crippen molar-refractivity contribution in [2.24, 2.45) is 0 Å². The Kier molecular flexibility index (Phi) is 6.90. The summed E-state index contributed by atoms with van der Waals surface area (Å²) >= 11 is 31.3. The molecule has 0 unspecified atom stereocenters. The lowest BCUT2D eigenvalue weighted by molar-refractivity contribution is 0.101. The van der Waals surface area contributed by atoms with Gasteiger partial charge in [0.05, 0.1) is 34.6 Å². The minimum atomic E-state index is -0.646. The molecule has 0 aliphatic rings. The first-order valence-electron chi connectivity index (χ1n) is 9.50. The number of carbonyl (C=O) groups is 2. The van der Waals surface area contributed by atoms with Crippen molar-refractivity contribution in [1.82, 2.24) is 9.55 Å². The van der Waals surface area contributed by atoms with Gasteiger partial charge in [-0.15, -0.1) is 0 Å². The fourth-order valence-electron chi connectivity index (χ4n) is 3.46. The zero-order chi connectivity index (χ0) is 24.7. The van der Waals surface area contributed by atoms with Gasteiger partial charge in [0.25, 0.3) is 0 Å². The Bertz CT molecular complexity index is 1460. The van der Waals surface area contributed by atoms with Crippen molar-refractivity contribution in [3.8, 4) is 17.2 Å². The van der Waals surface area contributed by atoms with Crippen molar-refractivity contribution in [3.05, 3.63) is 96.4 Å². The third-order valence-electron chi connectivity index (χ3n) is 5.01. The maximum absolute atomic E-state index is 13.5. The Morgan fingerprint density at radius 1 is 0.941 bits per heavy atom. The number of aromatic hydroxyl groups is 1. The van der Waals surface area contributed by atoms with E-state index in [9.17, 15) is 14.7 Å². The highest BCUT2D eigenvalue weighted by molar-refractivity contribution is 6.45. The molecule has 2 aromatic carbocycles. The number of benzene rings is 2. The Morgan fingerprint density at radius 2 is 1.65 bits per heavy atom. The van der Waals surface area contributed by atoms with Crippen LogP contribution >= 0.6 is 58.0 Å². The largest absolute Gasteiger partial charge is 0.507 e. The van der Waals surface area contributed by atoms with E-state index in [-0.39, 0.29) is 59.3 Å². The molecule has 0 fully saturated rings. The van der Waals surface area contributed by atoms with Crippen molar-refractivity contribution in [2.75, 3.05) is 7.11 Å². The van der Waals surface area contributed by atoms with Crippen LogP contribution in [0.15, 0.2) is 48.5 Å². The molecule has 2 aromatic heterocycles. The Morgan fingerprint density at radius 3 is 2.32 bits per heavy atom. The minimum absolute atomic E-state index is 0.0104. The number of phenolic OH excluding ortho intramolecular Hbond substituents is 1. The molecule has 4 rings (SSSR count). The molecule has 0 spiro atoms. The van der Waals surface area contributed by atoms with Gasteiger partial charge in [-0.05, 0) is 36.4 Å². The van der Waals surface area contributed by atoms with Crippen LogP contribution in [-0.2, 0) is 0 Å². The number of nitrogens with zero attached hydrogens (tertiary/aromatic N) is 1. The second-order valence-corrected chi connectivity index (χ2v) is 8.96. The summed E-state index contributed by atoms with van der Waals surface area (Å²) < 4.78 is 6.50. The number of rotatable bonds is 6. The SMILES string of the molecule is COc1ccccc1C(=O)c1[nH]c(Cl)c(Cl)c1-n1c(C(=O)c2ccc(Cl)cc2O)cc(Cl)c1Cl. The van der Waals surface area contributed by atoms with E-state index in [1.165, 1.54) is 35.9 Å². The van der Waals surface area contributed by atoms with Gasteiger partial charge in [-0.1, -0.05) is 70.1 Å². The number of nitrogens with one attached hydrogen (secondary N) is 1. The summed E-state index contributed by atoms with van der Waals surface area (Å²) in [6.45, 7) is 0. The molecule has 2 N–H and O–H groups in total. The monoisotopic (exact) mass is 556 g/mol. The molecule has 0 saturated carbocycles. The van der Waals surface area contributed by atoms with Crippen LogP contribution in [0.4, 0.5) is 0 Å². The van der Waals surface area contributed by atoms with Crippen LogP contribution < -0.4 is 4.74 Å². The number of carbonyl (C=O) groups excluding carboxylic acids is 2. The number of ether oxygens (including phenoxy) is 1. The number of para-hydroxylation sites is 1. The van der Waals surface area contributed by atoms with Crippen molar-refractivity contribution in [2.45, 2.75) is 0 Å². The smallest absolute Gasteiger partial charge is 0.215 e. The van der Waals surface area contributed by atoms with E-state index in [1.54, 1.807) is 24.3 Å². The molecule has 0 aliphatic carbocycles. The normalized spacial score (nSPS) is 11.0. The number of methoxy groups -OCH3 is 1. The number of aromatic amines is 1. The van der Waals surface area contributed by atoms with Crippen molar-refractivity contribution in [1.29, 1.82) is 0 Å². The standard InChI is InChI=1S/C23H13Cl5N2O4/c1-34-16-5-3-2-4-12(16)21(33)18-19(17(26)22(27)29-18)30-14(9-13(25)23(30)28)20(32)11-7-6-10(24)8-15(11)31/h2-9,29,31H,1H3. The van der Waals surface area contributed by atoms with Crippen LogP contribution in [0.1, 0.15) is 32.1 Å². The van der Waals surface area contributed by atoms with E-state index in [2.05, 4.69) is 4.98 Å². The summed E-state index contributed by atoms with van der Waals surface area (Å²) in [6.07, 6.45) is 0. The number of hydrogen-bond donors (Lipinski definition) is 2. The lowest BCUT2D eigenvalue weighted by Crippen LogP contribution is -2.13. The number of phenols is 1. The average molecular weight is 559 g/mol. The molecule has 0 bridgehead atoms. The van der Waals surface area contributed by atoms with Crippen molar-refractivity contribution < 1.29 is 19.4 Å². The van der Waals surface area contributed by atoms with Crippen LogP contribution in [0.2, 0.25) is 25.4 Å². The third kappa shape index (κ3) is 4.17. The molecule has 0 amide bonds. The molecule has 2 heterocycles. The highest BCUT2D eigenvalue weighted by Crippen LogP contribution is 2.40. The highest BCUT2D eigenvalue weighted by Gasteiger charge is 2.30. The van der Waals surface area contributed by atoms with Crippen LogP contribution in [0, 0.1) is 0 Å². The van der Waals surface area contributed by atoms with Gasteiger partial charge in [-0.3, -0.25) is 14.2 Å². The topological polar surface area (TPSA) is 84.3 Å². The predicted octanol–water partition coefficient (Wildman–Crippen LogP) is 7.25. The molecule has 34 heavy (non-hydrogen) atoms. The molecule has 6 nitrogen and oxygen atoms in total. The first kappa shape index (κ1) is 24.5. The summed E-state index contributed by atoms with van der Waals surface area (Å²) in [5, 5.41) is 10.3. The van der Waals surface area contributed by atoms with Crippen LogP contribution in [0.3, 0.4) is 0 Å². The van der Waals surface area contributed by atoms with Gasteiger partial charge >= 0.3 is 0 Å². The Labute approximate surface area is 218 Å². The number of halogens is 5. The second-order valence-electron chi connectivity index (χ2n) is 7.00. The minimum Gasteiger partial charge on any atom is -0.507 e. The van der Waals surface area contributed by atoms with E-state index in [0.717, 1.165) is 0 Å². The predicted molar refractivity (Wildman–Crippen MR) is 133 cm³/mol. The summed E-state index contributed by atoms with van der Waals surface area (Å²) in [5.41, 5.74) is 0.0452. The molecular weight excluding hydrogens is 546 g/mol. The summed E-state index contributed by atoms with van der Waals surface area (Å²) in [5.74, 6) is -1.19. The van der Waals surface area contributed by atoms with Gasteiger partial charge < -0.3 is 14.8 Å². The molecule has 0 atom stereocenters. The average Bonchev–Trinajstić information content (AvgIpc) is 3.27. The first-order chi connectivity index (χ1) is 16.1. The van der Waals surface area contributed by atoms with Crippen LogP contribution in [0.25, 0.3) is 5.69 Å². The lowest BCUT2D eigenvalue weighted by atomic mass is 10.1. The van der Waals surface area contributed by atoms with Gasteiger partial charge in [0.2, 0.25) is 11.6 Å². The molecule has 0 radical (unpaired) electrons. The van der Waals surface area contributed by atoms with Crippen molar-refractivity contribution in [3.63, 3.8) is 0 Å². The van der Waals surface area contributed by atoms with Gasteiger partial charge in [0.1, 0.15) is 32.5 Å². The van der Waals surface area contributed by atoms with Gasteiger partial charge in [-0.25, -0.2) is 0 Å². The zero-order valence-corrected chi connectivity index (χ0v) is 20.9. The van der Waals surface area contributed by atoms with E-state index in [4.69, 9.17) is 62.7 Å². The van der Waals surface area contributed by atoms with Gasteiger partial charge in [0.15, 0.2) is 0 Å². The molecule has 174 valence electrons. The number of aromatic nitrogens is 2. The quantitative estimate of drug-likeness (QED) is 0.244. The highest BCUT2D eigenvalue weighted by atomic mass is 35.5. The second kappa shape index (κ2) is 9.56. The van der Waals surface area contributed by atoms with E-state index in [0.29, 0.717) is 5.75 Å². The fraction of sp³-hybridized carbons (Fsp3) is 0.0435. The lowest BCUT2D eigenvalue weighted by Gasteiger charge is -2.13. The van der Waals surface area contributed by atoms with E-state index in [1.807, 2.05) is 0 Å². The summed E-state index contributed by atoms with van der Waals surface area (Å²) in [6, 6.07) is 11.9. The maximum Gasteiger partial charge on any atom is 0.215 e. The molecular formula is C23H13Cl5N2O4. The number of hydrogen-bond acceptors (Lipinski definition) is 4. The Hall–Kier alpha value is -2.61. The Balaban J connectivity index is 1.95. The van der Waals surface area contributed by atoms with E-state index < -0.39 is 11.6 Å². The van der Waals surface area contributed by atoms with Crippen LogP contribution in [0.5, 0.6) is 11.5 Å². The van der Waals surface area contributed by atoms with Gasteiger partial charge in [-0.2, -0.15) is 0 Å². The van der Waals surface area contributed by atoms with Crippen molar-refractivity contribution >= 4 is 69.6 Å². The fourth-order valence-corrected chi connectivity index (χ4v) is 4.45. The van der Waals surface area contributed by atoms with Gasteiger partial charge in [0, 0.05) is 5.02 Å². The molecule has 0 saturated heterocycles. The summed E-state index contributed by atoms with van der Waals surface area (Å²) in [4.78, 5) is 29.6. The molecule has 4 aromatic rings. The summed E-state index contributed by atoms with van der Waals surface area (Å²) in [7, 11) is 1.43. The maximum atomic E-state index is 13.5. The number of H-pyrrole nitrogens is 1.